The fourth-order valence-electron chi connectivity index (χ4n) is 6.53. The van der Waals surface area contributed by atoms with Gasteiger partial charge >= 0.3 is 6.09 Å². The van der Waals surface area contributed by atoms with Crippen molar-refractivity contribution in [3.8, 4) is 11.1 Å². The van der Waals surface area contributed by atoms with Crippen LogP contribution < -0.4 is 10.2 Å². The first kappa shape index (κ1) is 30.9. The average Bonchev–Trinajstić information content (AvgIpc) is 3.56. The number of ether oxygens (including phenoxy) is 2. The Labute approximate surface area is 265 Å². The van der Waals surface area contributed by atoms with Crippen LogP contribution >= 0.6 is 11.6 Å². The van der Waals surface area contributed by atoms with Crippen LogP contribution in [0.1, 0.15) is 46.5 Å². The highest BCUT2D eigenvalue weighted by Gasteiger charge is 2.42. The molecule has 2 fully saturated rings. The average molecular weight is 638 g/mol. The minimum absolute atomic E-state index is 0.0788. The molecule has 4 aromatic rings. The molecule has 1 N–H and O–H groups in total. The van der Waals surface area contributed by atoms with Gasteiger partial charge in [-0.25, -0.2) is 14.8 Å². The molecule has 2 saturated heterocycles. The van der Waals surface area contributed by atoms with Crippen molar-refractivity contribution < 1.29 is 14.3 Å². The summed E-state index contributed by atoms with van der Waals surface area (Å²) in [7, 11) is 0.675. The number of benzene rings is 1. The van der Waals surface area contributed by atoms with Gasteiger partial charge in [-0.1, -0.05) is 37.3 Å². The third-order valence-electron chi connectivity index (χ3n) is 8.53. The van der Waals surface area contributed by atoms with Crippen LogP contribution in [0, 0.1) is 0 Å². The second kappa shape index (κ2) is 11.6. The summed E-state index contributed by atoms with van der Waals surface area (Å²) in [4.78, 5) is 25.1. The molecule has 10 nitrogen and oxygen atoms in total. The number of aryl methyl sites for hydroxylation is 1. The molecule has 44 heavy (non-hydrogen) atoms. The van der Waals surface area contributed by atoms with E-state index < -0.39 is 13.7 Å². The highest BCUT2D eigenvalue weighted by molar-refractivity contribution is 6.76. The SMILES string of the molecule is Cn1cc2c(Cl)c(-c3cn(COCC[Si](C)(C)C)c4nc(N5[C@@H]6CC[C@H]5CC(NC(=O)OC(C)(C)C)C6)cnc34)ccc2n1. The number of amides is 1. The molecule has 12 heteroatoms. The second-order valence-corrected chi connectivity index (χ2v) is 20.5. The minimum Gasteiger partial charge on any atom is -0.444 e. The van der Waals surface area contributed by atoms with E-state index in [1.165, 1.54) is 0 Å². The maximum absolute atomic E-state index is 12.5. The van der Waals surface area contributed by atoms with Crippen molar-refractivity contribution in [1.29, 1.82) is 0 Å². The van der Waals surface area contributed by atoms with E-state index in [-0.39, 0.29) is 24.2 Å². The first-order valence-electron chi connectivity index (χ1n) is 15.6. The highest BCUT2D eigenvalue weighted by atomic mass is 35.5. The predicted molar refractivity (Wildman–Crippen MR) is 178 cm³/mol. The highest BCUT2D eigenvalue weighted by Crippen LogP contribution is 2.41. The molecule has 3 aromatic heterocycles. The summed E-state index contributed by atoms with van der Waals surface area (Å²) in [6.45, 7) is 13.8. The van der Waals surface area contributed by atoms with E-state index in [2.05, 4.69) is 45.7 Å². The first-order chi connectivity index (χ1) is 20.8. The second-order valence-electron chi connectivity index (χ2n) is 14.5. The van der Waals surface area contributed by atoms with Crippen LogP contribution in [-0.2, 0) is 23.3 Å². The minimum atomic E-state index is -1.22. The Hall–Kier alpha value is -3.15. The molecule has 236 valence electrons. The molecular formula is C32H44ClN7O3Si. The maximum Gasteiger partial charge on any atom is 0.407 e. The van der Waals surface area contributed by atoms with Crippen molar-refractivity contribution in [2.24, 2.45) is 7.05 Å². The number of fused-ring (bicyclic) bond motifs is 4. The number of hydrogen-bond donors (Lipinski definition) is 1. The normalized spacial score (nSPS) is 20.5. The fraction of sp³-hybridized carbons (Fsp3) is 0.562. The third-order valence-corrected chi connectivity index (χ3v) is 10.6. The van der Waals surface area contributed by atoms with Crippen LogP contribution in [0.4, 0.5) is 10.6 Å². The van der Waals surface area contributed by atoms with Crippen molar-refractivity contribution in [1.82, 2.24) is 29.6 Å². The van der Waals surface area contributed by atoms with Crippen LogP contribution in [0.25, 0.3) is 33.2 Å². The smallest absolute Gasteiger partial charge is 0.407 e. The zero-order valence-electron chi connectivity index (χ0n) is 26.9. The van der Waals surface area contributed by atoms with Gasteiger partial charge in [-0.05, 0) is 58.6 Å². The van der Waals surface area contributed by atoms with Crippen LogP contribution in [0.3, 0.4) is 0 Å². The third kappa shape index (κ3) is 6.45. The van der Waals surface area contributed by atoms with Gasteiger partial charge in [-0.15, -0.1) is 0 Å². The summed E-state index contributed by atoms with van der Waals surface area (Å²) in [5.74, 6) is 0.863. The van der Waals surface area contributed by atoms with E-state index in [4.69, 9.17) is 31.0 Å². The number of piperidine rings is 1. The van der Waals surface area contributed by atoms with Crippen molar-refractivity contribution in [3.05, 3.63) is 35.7 Å². The number of halogens is 1. The lowest BCUT2D eigenvalue weighted by Crippen LogP contribution is -2.51. The van der Waals surface area contributed by atoms with E-state index in [1.807, 2.05) is 52.3 Å². The van der Waals surface area contributed by atoms with Gasteiger partial charge in [0.1, 0.15) is 23.7 Å². The molecule has 0 saturated carbocycles. The Morgan fingerprint density at radius 1 is 1.11 bits per heavy atom. The van der Waals surface area contributed by atoms with Gasteiger partial charge in [-0.3, -0.25) is 4.68 Å². The van der Waals surface area contributed by atoms with Crippen molar-refractivity contribution in [3.63, 3.8) is 0 Å². The molecular weight excluding hydrogens is 594 g/mol. The molecule has 3 atom stereocenters. The molecule has 5 heterocycles. The first-order valence-corrected chi connectivity index (χ1v) is 19.7. The van der Waals surface area contributed by atoms with Crippen molar-refractivity contribution in [2.75, 3.05) is 11.5 Å². The molecule has 0 spiro atoms. The molecule has 0 aliphatic carbocycles. The largest absolute Gasteiger partial charge is 0.444 e. The molecule has 2 aliphatic heterocycles. The molecule has 1 unspecified atom stereocenters. The van der Waals surface area contributed by atoms with E-state index >= 15 is 0 Å². The maximum atomic E-state index is 12.5. The van der Waals surface area contributed by atoms with Crippen molar-refractivity contribution in [2.45, 2.75) is 103 Å². The summed E-state index contributed by atoms with van der Waals surface area (Å²) in [6, 6.07) is 5.74. The van der Waals surface area contributed by atoms with Gasteiger partial charge in [0.15, 0.2) is 5.65 Å². The molecule has 1 aromatic carbocycles. The summed E-state index contributed by atoms with van der Waals surface area (Å²) >= 11 is 6.98. The van der Waals surface area contributed by atoms with Gasteiger partial charge < -0.3 is 24.3 Å². The van der Waals surface area contributed by atoms with Crippen LogP contribution in [0.5, 0.6) is 0 Å². The number of aromatic nitrogens is 5. The lowest BCUT2D eigenvalue weighted by atomic mass is 9.97. The standard InChI is InChI=1S/C32H44ClN7O3Si/c1-32(2,3)43-31(41)35-20-14-21-8-9-22(15-20)40(21)27-16-34-29-24(23-10-11-26-25(28(23)33)17-38(4)37-26)18-39(30(29)36-27)19-42-12-13-44(5,6)7/h10-11,16-18,20-22H,8-9,12-15,19H2,1-7H3,(H,35,41)/t20?,21-,22+. The molecule has 6 rings (SSSR count). The van der Waals surface area contributed by atoms with E-state index in [0.717, 1.165) is 70.7 Å². The molecule has 2 aliphatic rings. The van der Waals surface area contributed by atoms with Gasteiger partial charge in [0.05, 0.1) is 16.7 Å². The van der Waals surface area contributed by atoms with Crippen molar-refractivity contribution >= 4 is 53.7 Å². The number of nitrogens with one attached hydrogen (secondary N) is 1. The van der Waals surface area contributed by atoms with Gasteiger partial charge in [-0.2, -0.15) is 5.10 Å². The zero-order chi connectivity index (χ0) is 31.4. The zero-order valence-corrected chi connectivity index (χ0v) is 28.6. The topological polar surface area (TPSA) is 99.3 Å². The number of nitrogens with zero attached hydrogens (tertiary/aromatic N) is 6. The number of anilines is 1. The van der Waals surface area contributed by atoms with E-state index in [1.54, 1.807) is 4.68 Å². The number of carbonyl (C=O) groups is 1. The number of rotatable bonds is 8. The molecule has 0 radical (unpaired) electrons. The summed E-state index contributed by atoms with van der Waals surface area (Å²) < 4.78 is 15.6. The Balaban J connectivity index is 1.30. The van der Waals surface area contributed by atoms with Crippen LogP contribution in [-0.4, -0.2) is 68.8 Å². The lowest BCUT2D eigenvalue weighted by molar-refractivity contribution is 0.0492. The van der Waals surface area contributed by atoms with Crippen LogP contribution in [0.2, 0.25) is 30.7 Å². The van der Waals surface area contributed by atoms with Crippen LogP contribution in [0.15, 0.2) is 30.7 Å². The fourth-order valence-corrected chi connectivity index (χ4v) is 7.60. The summed E-state index contributed by atoms with van der Waals surface area (Å²) in [6.07, 6.45) is 9.38. The predicted octanol–water partition coefficient (Wildman–Crippen LogP) is 6.98. The lowest BCUT2D eigenvalue weighted by Gasteiger charge is -2.39. The Morgan fingerprint density at radius 2 is 1.84 bits per heavy atom. The summed E-state index contributed by atoms with van der Waals surface area (Å²) in [5, 5.41) is 9.18. The van der Waals surface area contributed by atoms with Gasteiger partial charge in [0, 0.05) is 68.8 Å². The van der Waals surface area contributed by atoms with E-state index in [9.17, 15) is 4.79 Å². The Morgan fingerprint density at radius 3 is 2.52 bits per heavy atom. The summed E-state index contributed by atoms with van der Waals surface area (Å²) in [5.41, 5.74) is 3.73. The number of alkyl carbamates (subject to hydrolysis) is 1. The van der Waals surface area contributed by atoms with E-state index in [0.29, 0.717) is 18.4 Å². The quantitative estimate of drug-likeness (QED) is 0.164. The van der Waals surface area contributed by atoms with Gasteiger partial charge in [0.25, 0.3) is 0 Å². The number of carbonyl (C=O) groups excluding carboxylic acids is 1. The molecule has 2 bridgehead atoms. The Bertz CT molecular complexity index is 1680. The molecule has 1 amide bonds. The Kier molecular flexibility index (Phi) is 8.17. The number of hydrogen-bond acceptors (Lipinski definition) is 7. The van der Waals surface area contributed by atoms with Gasteiger partial charge in [0.2, 0.25) is 0 Å². The monoisotopic (exact) mass is 637 g/mol.